The van der Waals surface area contributed by atoms with Crippen molar-refractivity contribution >= 4 is 11.9 Å². The van der Waals surface area contributed by atoms with Crippen LogP contribution in [0.1, 0.15) is 12.8 Å². The van der Waals surface area contributed by atoms with Crippen molar-refractivity contribution in [3.8, 4) is 6.01 Å². The standard InChI is InChI=1S/C10H15F3N6O/c1-20-9-16-7(18-14)15-8(17-9)19-4-2-6(3-5-19)10(11,12)13/h6H,2-5,14H2,1H3,(H,15,16,17,18). The minimum atomic E-state index is -4.15. The fraction of sp³-hybridized carbons (Fsp3) is 0.700. The molecule has 1 saturated heterocycles. The van der Waals surface area contributed by atoms with Crippen LogP contribution in [0.4, 0.5) is 25.1 Å². The van der Waals surface area contributed by atoms with Gasteiger partial charge >= 0.3 is 12.2 Å². The van der Waals surface area contributed by atoms with E-state index in [-0.39, 0.29) is 43.8 Å². The molecule has 0 spiro atoms. The van der Waals surface area contributed by atoms with E-state index in [2.05, 4.69) is 20.4 Å². The van der Waals surface area contributed by atoms with Gasteiger partial charge in [0.15, 0.2) is 0 Å². The van der Waals surface area contributed by atoms with Crippen molar-refractivity contribution in [2.24, 2.45) is 11.8 Å². The lowest BCUT2D eigenvalue weighted by Crippen LogP contribution is -2.40. The highest BCUT2D eigenvalue weighted by Gasteiger charge is 2.41. The number of nitrogens with one attached hydrogen (secondary N) is 1. The van der Waals surface area contributed by atoms with E-state index in [1.165, 1.54) is 7.11 Å². The minimum absolute atomic E-state index is 0.0168. The van der Waals surface area contributed by atoms with Gasteiger partial charge in [-0.05, 0) is 12.8 Å². The molecule has 0 aliphatic carbocycles. The number of hydrazine groups is 1. The number of halogens is 3. The summed E-state index contributed by atoms with van der Waals surface area (Å²) in [7, 11) is 1.38. The third-order valence-corrected chi connectivity index (χ3v) is 3.16. The average molecular weight is 292 g/mol. The molecule has 0 saturated carbocycles. The summed E-state index contributed by atoms with van der Waals surface area (Å²) < 4.78 is 42.7. The Kier molecular flexibility index (Phi) is 4.12. The number of anilines is 2. The Hall–Kier alpha value is -1.84. The number of hydrogen-bond acceptors (Lipinski definition) is 7. The molecule has 7 nitrogen and oxygen atoms in total. The molecule has 0 aromatic carbocycles. The van der Waals surface area contributed by atoms with E-state index in [0.717, 1.165) is 0 Å². The Morgan fingerprint density at radius 1 is 1.25 bits per heavy atom. The van der Waals surface area contributed by atoms with E-state index >= 15 is 0 Å². The Morgan fingerprint density at radius 3 is 2.40 bits per heavy atom. The zero-order valence-corrected chi connectivity index (χ0v) is 10.8. The SMILES string of the molecule is COc1nc(NN)nc(N2CCC(C(F)(F)F)CC2)n1. The first-order chi connectivity index (χ1) is 9.44. The molecule has 1 aliphatic heterocycles. The first-order valence-electron chi connectivity index (χ1n) is 6.02. The first kappa shape index (κ1) is 14.6. The van der Waals surface area contributed by atoms with Crippen LogP contribution < -0.4 is 20.9 Å². The number of hydrogen-bond donors (Lipinski definition) is 2. The second-order valence-corrected chi connectivity index (χ2v) is 4.39. The van der Waals surface area contributed by atoms with Crippen molar-refractivity contribution in [1.82, 2.24) is 15.0 Å². The summed E-state index contributed by atoms with van der Waals surface area (Å²) in [4.78, 5) is 13.5. The molecule has 10 heteroatoms. The molecule has 1 fully saturated rings. The van der Waals surface area contributed by atoms with Crippen molar-refractivity contribution in [2.75, 3.05) is 30.5 Å². The summed E-state index contributed by atoms with van der Waals surface area (Å²) in [5, 5.41) is 0. The highest BCUT2D eigenvalue weighted by molar-refractivity contribution is 5.38. The molecule has 0 amide bonds. The lowest BCUT2D eigenvalue weighted by Gasteiger charge is -2.32. The summed E-state index contributed by atoms with van der Waals surface area (Å²) in [6, 6.07) is 0.0564. The summed E-state index contributed by atoms with van der Waals surface area (Å²) in [5.74, 6) is 4.31. The van der Waals surface area contributed by atoms with Crippen LogP contribution in [-0.4, -0.2) is 41.3 Å². The smallest absolute Gasteiger partial charge is 0.391 e. The molecule has 2 heterocycles. The van der Waals surface area contributed by atoms with Gasteiger partial charge in [-0.15, -0.1) is 0 Å². The summed E-state index contributed by atoms with van der Waals surface area (Å²) in [5.41, 5.74) is 2.27. The third-order valence-electron chi connectivity index (χ3n) is 3.16. The van der Waals surface area contributed by atoms with Gasteiger partial charge in [0, 0.05) is 13.1 Å². The minimum Gasteiger partial charge on any atom is -0.467 e. The topological polar surface area (TPSA) is 89.2 Å². The molecule has 0 radical (unpaired) electrons. The van der Waals surface area contributed by atoms with Gasteiger partial charge in [0.05, 0.1) is 13.0 Å². The molecule has 1 aliphatic rings. The molecule has 3 N–H and O–H groups in total. The van der Waals surface area contributed by atoms with Gasteiger partial charge in [0.25, 0.3) is 0 Å². The number of ether oxygens (including phenoxy) is 1. The van der Waals surface area contributed by atoms with Crippen molar-refractivity contribution in [1.29, 1.82) is 0 Å². The molecular formula is C10H15F3N6O. The lowest BCUT2D eigenvalue weighted by atomic mass is 9.96. The fourth-order valence-corrected chi connectivity index (χ4v) is 2.05. The molecular weight excluding hydrogens is 277 g/mol. The number of methoxy groups -OCH3 is 1. The quantitative estimate of drug-likeness (QED) is 0.633. The van der Waals surface area contributed by atoms with Gasteiger partial charge in [0.1, 0.15) is 0 Å². The Bertz CT molecular complexity index is 439. The molecule has 112 valence electrons. The number of aromatic nitrogens is 3. The fourth-order valence-electron chi connectivity index (χ4n) is 2.05. The van der Waals surface area contributed by atoms with Crippen molar-refractivity contribution < 1.29 is 17.9 Å². The van der Waals surface area contributed by atoms with Gasteiger partial charge in [-0.25, -0.2) is 5.84 Å². The van der Waals surface area contributed by atoms with Crippen molar-refractivity contribution in [2.45, 2.75) is 19.0 Å². The summed E-state index contributed by atoms with van der Waals surface area (Å²) >= 11 is 0. The zero-order chi connectivity index (χ0) is 14.8. The van der Waals surface area contributed by atoms with Crippen LogP contribution in [0.3, 0.4) is 0 Å². The van der Waals surface area contributed by atoms with Crippen LogP contribution in [-0.2, 0) is 0 Å². The second kappa shape index (κ2) is 5.65. The molecule has 20 heavy (non-hydrogen) atoms. The maximum absolute atomic E-state index is 12.6. The van der Waals surface area contributed by atoms with Gasteiger partial charge in [-0.2, -0.15) is 28.1 Å². The highest BCUT2D eigenvalue weighted by Crippen LogP contribution is 2.34. The summed E-state index contributed by atoms with van der Waals surface area (Å²) in [6.07, 6.45) is -4.11. The lowest BCUT2D eigenvalue weighted by molar-refractivity contribution is -0.179. The highest BCUT2D eigenvalue weighted by atomic mass is 19.4. The molecule has 0 bridgehead atoms. The maximum atomic E-state index is 12.6. The van der Waals surface area contributed by atoms with E-state index < -0.39 is 12.1 Å². The van der Waals surface area contributed by atoms with Gasteiger partial charge in [0.2, 0.25) is 11.9 Å². The zero-order valence-electron chi connectivity index (χ0n) is 10.8. The first-order valence-corrected chi connectivity index (χ1v) is 6.02. The van der Waals surface area contributed by atoms with Crippen LogP contribution in [0.25, 0.3) is 0 Å². The van der Waals surface area contributed by atoms with Gasteiger partial charge in [-0.3, -0.25) is 5.43 Å². The monoisotopic (exact) mass is 292 g/mol. The number of nitrogens with zero attached hydrogens (tertiary/aromatic N) is 4. The van der Waals surface area contributed by atoms with E-state index in [9.17, 15) is 13.2 Å². The second-order valence-electron chi connectivity index (χ2n) is 4.39. The van der Waals surface area contributed by atoms with Crippen molar-refractivity contribution in [3.05, 3.63) is 0 Å². The number of piperidine rings is 1. The maximum Gasteiger partial charge on any atom is 0.391 e. The van der Waals surface area contributed by atoms with Crippen LogP contribution in [0.2, 0.25) is 0 Å². The average Bonchev–Trinajstić information content (AvgIpc) is 2.46. The normalized spacial score (nSPS) is 17.1. The molecule has 2 rings (SSSR count). The van der Waals surface area contributed by atoms with Gasteiger partial charge < -0.3 is 9.64 Å². The molecule has 1 aromatic rings. The largest absolute Gasteiger partial charge is 0.467 e. The van der Waals surface area contributed by atoms with E-state index in [4.69, 9.17) is 10.6 Å². The van der Waals surface area contributed by atoms with Crippen LogP contribution in [0, 0.1) is 5.92 Å². The Morgan fingerprint density at radius 2 is 1.90 bits per heavy atom. The number of nitrogen functional groups attached to an aromatic ring is 1. The summed E-state index contributed by atoms with van der Waals surface area (Å²) in [6.45, 7) is 0.447. The van der Waals surface area contributed by atoms with Crippen LogP contribution in [0.15, 0.2) is 0 Å². The van der Waals surface area contributed by atoms with E-state index in [1.807, 2.05) is 0 Å². The van der Waals surface area contributed by atoms with Crippen LogP contribution >= 0.6 is 0 Å². The van der Waals surface area contributed by atoms with E-state index in [0.29, 0.717) is 0 Å². The van der Waals surface area contributed by atoms with Crippen molar-refractivity contribution in [3.63, 3.8) is 0 Å². The third kappa shape index (κ3) is 3.18. The molecule has 0 unspecified atom stereocenters. The number of nitrogens with two attached hydrogens (primary N) is 1. The van der Waals surface area contributed by atoms with E-state index in [1.54, 1.807) is 4.90 Å². The van der Waals surface area contributed by atoms with Gasteiger partial charge in [-0.1, -0.05) is 0 Å². The van der Waals surface area contributed by atoms with Crippen LogP contribution in [0.5, 0.6) is 6.01 Å². The predicted molar refractivity (Wildman–Crippen MR) is 65.2 cm³/mol. The number of rotatable bonds is 3. The number of alkyl halides is 3. The Labute approximate surface area is 113 Å². The predicted octanol–water partition coefficient (Wildman–Crippen LogP) is 0.944. The molecule has 1 aromatic heterocycles. The molecule has 0 atom stereocenters. The Balaban J connectivity index is 2.10.